The van der Waals surface area contributed by atoms with E-state index in [0.29, 0.717) is 17.8 Å². The molecule has 0 bridgehead atoms. The third kappa shape index (κ3) is 7.37. The van der Waals surface area contributed by atoms with Gasteiger partial charge in [0.05, 0.1) is 24.6 Å². The van der Waals surface area contributed by atoms with Gasteiger partial charge in [-0.1, -0.05) is 65.3 Å². The molecule has 0 amide bonds. The maximum Gasteiger partial charge on any atom is 0.232 e. The number of aliphatic hydroxyl groups is 1. The van der Waals surface area contributed by atoms with Gasteiger partial charge in [-0.15, -0.1) is 12.4 Å². The van der Waals surface area contributed by atoms with Crippen molar-refractivity contribution in [2.75, 3.05) is 35.5 Å². The third-order valence-corrected chi connectivity index (χ3v) is 5.89. The van der Waals surface area contributed by atoms with E-state index in [-0.39, 0.29) is 19.0 Å². The smallest absolute Gasteiger partial charge is 0.232 e. The molecule has 28 heavy (non-hydrogen) atoms. The number of benzene rings is 2. The predicted molar refractivity (Wildman–Crippen MR) is 122 cm³/mol. The van der Waals surface area contributed by atoms with Gasteiger partial charge in [0.1, 0.15) is 0 Å². The maximum absolute atomic E-state index is 12.4. The van der Waals surface area contributed by atoms with Crippen LogP contribution in [-0.2, 0) is 16.6 Å². The lowest BCUT2D eigenvalue weighted by Gasteiger charge is -2.25. The van der Waals surface area contributed by atoms with Gasteiger partial charge < -0.3 is 5.11 Å². The van der Waals surface area contributed by atoms with Crippen LogP contribution in [0.4, 0.5) is 5.69 Å². The molecule has 2 aromatic carbocycles. The molecule has 0 aliphatic heterocycles. The van der Waals surface area contributed by atoms with Crippen LogP contribution < -0.4 is 4.31 Å². The standard InChI is InChI=1S/C20H27BrN2O3S.ClH/c1-3-22(13-12-21)16-20(24)18-10-7-11-19(14-18)23(27(2,25)26)15-17-8-5-4-6-9-17;/h4-11,14,20,24H,3,12-13,15-16H2,1-2H3;1H/t20-;/m0./s1. The van der Waals surface area contributed by atoms with Crippen molar-refractivity contribution >= 4 is 44.0 Å². The average Bonchev–Trinajstić information content (AvgIpc) is 2.65. The number of anilines is 1. The van der Waals surface area contributed by atoms with Crippen molar-refractivity contribution in [3.8, 4) is 0 Å². The van der Waals surface area contributed by atoms with Gasteiger partial charge in [-0.2, -0.15) is 0 Å². The molecule has 0 unspecified atom stereocenters. The Morgan fingerprint density at radius 3 is 2.36 bits per heavy atom. The van der Waals surface area contributed by atoms with Crippen LogP contribution in [0.5, 0.6) is 0 Å². The maximum atomic E-state index is 12.4. The molecule has 2 aromatic rings. The monoisotopic (exact) mass is 490 g/mol. The first-order valence-electron chi connectivity index (χ1n) is 8.93. The minimum atomic E-state index is -3.46. The Hall–Kier alpha value is -1.12. The van der Waals surface area contributed by atoms with E-state index in [1.165, 1.54) is 10.6 Å². The highest BCUT2D eigenvalue weighted by atomic mass is 79.9. The molecule has 0 fully saturated rings. The van der Waals surface area contributed by atoms with E-state index in [0.717, 1.165) is 24.0 Å². The Labute approximate surface area is 183 Å². The molecule has 0 aromatic heterocycles. The molecule has 2 rings (SSSR count). The van der Waals surface area contributed by atoms with Crippen LogP contribution >= 0.6 is 28.3 Å². The lowest BCUT2D eigenvalue weighted by molar-refractivity contribution is 0.120. The topological polar surface area (TPSA) is 60.9 Å². The summed E-state index contributed by atoms with van der Waals surface area (Å²) in [7, 11) is -3.46. The number of rotatable bonds is 10. The van der Waals surface area contributed by atoms with E-state index in [2.05, 4.69) is 27.8 Å². The lowest BCUT2D eigenvalue weighted by atomic mass is 10.1. The molecule has 0 heterocycles. The van der Waals surface area contributed by atoms with Gasteiger partial charge in [0.15, 0.2) is 0 Å². The molecule has 0 saturated heterocycles. The fraction of sp³-hybridized carbons (Fsp3) is 0.400. The molecule has 1 atom stereocenters. The van der Waals surface area contributed by atoms with Crippen molar-refractivity contribution in [3.05, 3.63) is 65.7 Å². The Kier molecular flexibility index (Phi) is 10.5. The number of alkyl halides is 1. The first kappa shape index (κ1) is 24.9. The molecular weight excluding hydrogens is 464 g/mol. The summed E-state index contributed by atoms with van der Waals surface area (Å²) in [6, 6.07) is 16.6. The summed E-state index contributed by atoms with van der Waals surface area (Å²) in [5, 5.41) is 11.5. The number of likely N-dealkylation sites (N-methyl/N-ethyl adjacent to an activating group) is 1. The van der Waals surface area contributed by atoms with Gasteiger partial charge in [0.25, 0.3) is 0 Å². The number of halogens is 2. The van der Waals surface area contributed by atoms with Crippen molar-refractivity contribution in [2.24, 2.45) is 0 Å². The van der Waals surface area contributed by atoms with Crippen molar-refractivity contribution < 1.29 is 13.5 Å². The number of hydrogen-bond acceptors (Lipinski definition) is 4. The van der Waals surface area contributed by atoms with Crippen molar-refractivity contribution in [3.63, 3.8) is 0 Å². The van der Waals surface area contributed by atoms with E-state index in [9.17, 15) is 13.5 Å². The van der Waals surface area contributed by atoms with Crippen LogP contribution in [0.3, 0.4) is 0 Å². The van der Waals surface area contributed by atoms with Crippen molar-refractivity contribution in [1.29, 1.82) is 0 Å². The molecule has 0 spiro atoms. The number of nitrogens with zero attached hydrogens (tertiary/aromatic N) is 2. The fourth-order valence-corrected chi connectivity index (χ4v) is 4.27. The number of aliphatic hydroxyl groups excluding tert-OH is 1. The summed E-state index contributed by atoms with van der Waals surface area (Å²) in [5.74, 6) is 0. The first-order valence-corrected chi connectivity index (χ1v) is 11.9. The minimum Gasteiger partial charge on any atom is -0.387 e. The summed E-state index contributed by atoms with van der Waals surface area (Å²) in [6.07, 6.45) is 0.524. The molecule has 0 saturated carbocycles. The molecule has 8 heteroatoms. The van der Waals surface area contributed by atoms with Gasteiger partial charge in [0, 0.05) is 18.4 Å². The number of hydrogen-bond donors (Lipinski definition) is 1. The second-order valence-corrected chi connectivity index (χ2v) is 9.15. The summed E-state index contributed by atoms with van der Waals surface area (Å²) in [6.45, 7) is 4.49. The molecule has 156 valence electrons. The Balaban J connectivity index is 0.00000392. The third-order valence-electron chi connectivity index (χ3n) is 4.39. The first-order chi connectivity index (χ1) is 12.8. The normalized spacial score (nSPS) is 12.5. The highest BCUT2D eigenvalue weighted by Gasteiger charge is 2.20. The highest BCUT2D eigenvalue weighted by Crippen LogP contribution is 2.25. The second-order valence-electron chi connectivity index (χ2n) is 6.45. The zero-order valence-corrected chi connectivity index (χ0v) is 19.4. The second kappa shape index (κ2) is 11.8. The summed E-state index contributed by atoms with van der Waals surface area (Å²) in [4.78, 5) is 2.14. The van der Waals surface area contributed by atoms with Gasteiger partial charge in [0.2, 0.25) is 10.0 Å². The van der Waals surface area contributed by atoms with E-state index in [1.54, 1.807) is 18.2 Å². The quantitative estimate of drug-likeness (QED) is 0.513. The molecule has 1 N–H and O–H groups in total. The van der Waals surface area contributed by atoms with Crippen LogP contribution in [-0.4, -0.2) is 49.6 Å². The predicted octanol–water partition coefficient (Wildman–Crippen LogP) is 3.82. The van der Waals surface area contributed by atoms with Gasteiger partial charge in [-0.25, -0.2) is 8.42 Å². The average molecular weight is 492 g/mol. The van der Waals surface area contributed by atoms with Crippen LogP contribution in [0, 0.1) is 0 Å². The van der Waals surface area contributed by atoms with Gasteiger partial charge in [-0.05, 0) is 29.8 Å². The summed E-state index contributed by atoms with van der Waals surface area (Å²) < 4.78 is 26.1. The minimum absolute atomic E-state index is 0. The van der Waals surface area contributed by atoms with E-state index < -0.39 is 16.1 Å². The molecular formula is C20H28BrClN2O3S. The van der Waals surface area contributed by atoms with Gasteiger partial charge >= 0.3 is 0 Å². The van der Waals surface area contributed by atoms with E-state index >= 15 is 0 Å². The van der Waals surface area contributed by atoms with Crippen LogP contribution in [0.25, 0.3) is 0 Å². The number of sulfonamides is 1. The van der Waals surface area contributed by atoms with Crippen LogP contribution in [0.15, 0.2) is 54.6 Å². The Bertz CT molecular complexity index is 821. The highest BCUT2D eigenvalue weighted by molar-refractivity contribution is 9.09. The SMILES string of the molecule is CCN(CCBr)C[C@H](O)c1cccc(N(Cc2ccccc2)S(C)(=O)=O)c1.Cl. The molecule has 5 nitrogen and oxygen atoms in total. The summed E-state index contributed by atoms with van der Waals surface area (Å²) >= 11 is 3.42. The zero-order chi connectivity index (χ0) is 19.9. The Morgan fingerprint density at radius 1 is 1.11 bits per heavy atom. The van der Waals surface area contributed by atoms with Crippen molar-refractivity contribution in [1.82, 2.24) is 4.90 Å². The molecule has 0 aliphatic rings. The zero-order valence-electron chi connectivity index (χ0n) is 16.2. The largest absolute Gasteiger partial charge is 0.387 e. The lowest BCUT2D eigenvalue weighted by Crippen LogP contribution is -2.31. The Morgan fingerprint density at radius 2 is 1.79 bits per heavy atom. The van der Waals surface area contributed by atoms with E-state index in [1.807, 2.05) is 36.4 Å². The van der Waals surface area contributed by atoms with Crippen LogP contribution in [0.2, 0.25) is 0 Å². The summed E-state index contributed by atoms with van der Waals surface area (Å²) in [5.41, 5.74) is 2.17. The fourth-order valence-electron chi connectivity index (χ4n) is 2.88. The van der Waals surface area contributed by atoms with E-state index in [4.69, 9.17) is 0 Å². The molecule has 0 radical (unpaired) electrons. The van der Waals surface area contributed by atoms with Crippen LogP contribution in [0.1, 0.15) is 24.2 Å². The molecule has 0 aliphatic carbocycles. The van der Waals surface area contributed by atoms with Gasteiger partial charge in [-0.3, -0.25) is 9.21 Å². The van der Waals surface area contributed by atoms with Crippen molar-refractivity contribution in [2.45, 2.75) is 19.6 Å².